The lowest BCUT2D eigenvalue weighted by Gasteiger charge is -2.38. The van der Waals surface area contributed by atoms with Gasteiger partial charge < -0.3 is 10.2 Å². The number of fused-ring (bicyclic) bond motifs is 1. The molecule has 2 N–H and O–H groups in total. The van der Waals surface area contributed by atoms with Crippen LogP contribution in [0.1, 0.15) is 51.9 Å². The highest BCUT2D eigenvalue weighted by molar-refractivity contribution is 5.03. The lowest BCUT2D eigenvalue weighted by atomic mass is 9.72. The third kappa shape index (κ3) is 1.40. The van der Waals surface area contributed by atoms with Gasteiger partial charge in [0, 0.05) is 0 Å². The van der Waals surface area contributed by atoms with Crippen molar-refractivity contribution in [3.05, 3.63) is 0 Å². The van der Waals surface area contributed by atoms with Crippen molar-refractivity contribution in [1.29, 1.82) is 0 Å². The van der Waals surface area contributed by atoms with Crippen molar-refractivity contribution in [3.8, 4) is 0 Å². The lowest BCUT2D eigenvalue weighted by molar-refractivity contribution is -0.0663. The van der Waals surface area contributed by atoms with Gasteiger partial charge in [0.15, 0.2) is 0 Å². The van der Waals surface area contributed by atoms with E-state index in [9.17, 15) is 10.2 Å². The summed E-state index contributed by atoms with van der Waals surface area (Å²) < 4.78 is 0. The van der Waals surface area contributed by atoms with Crippen LogP contribution in [0.5, 0.6) is 0 Å². The third-order valence-electron chi connectivity index (χ3n) is 4.26. The highest BCUT2D eigenvalue weighted by Crippen LogP contribution is 2.53. The fraction of sp³-hybridized carbons (Fsp3) is 1.00. The van der Waals surface area contributed by atoms with Crippen molar-refractivity contribution in [2.75, 3.05) is 0 Å². The predicted molar refractivity (Wildman–Crippen MR) is 51.4 cm³/mol. The summed E-state index contributed by atoms with van der Waals surface area (Å²) in [6.07, 6.45) is 6.50. The van der Waals surface area contributed by atoms with Crippen molar-refractivity contribution < 1.29 is 10.2 Å². The maximum absolute atomic E-state index is 10.5. The Morgan fingerprint density at radius 3 is 2.62 bits per heavy atom. The Kier molecular flexibility index (Phi) is 2.16. The molecule has 0 amide bonds. The van der Waals surface area contributed by atoms with Gasteiger partial charge in [-0.15, -0.1) is 0 Å². The Labute approximate surface area is 80.0 Å². The Morgan fingerprint density at radius 2 is 1.85 bits per heavy atom. The van der Waals surface area contributed by atoms with Gasteiger partial charge in [-0.2, -0.15) is 0 Å². The molecule has 2 heteroatoms. The molecule has 0 aromatic carbocycles. The van der Waals surface area contributed by atoms with E-state index in [1.165, 1.54) is 0 Å². The van der Waals surface area contributed by atoms with Crippen LogP contribution >= 0.6 is 0 Å². The van der Waals surface area contributed by atoms with Gasteiger partial charge in [0.2, 0.25) is 0 Å². The topological polar surface area (TPSA) is 40.5 Å². The summed E-state index contributed by atoms with van der Waals surface area (Å²) in [7, 11) is 0. The Hall–Kier alpha value is -0.0800. The maximum atomic E-state index is 10.5. The van der Waals surface area contributed by atoms with Gasteiger partial charge in [-0.1, -0.05) is 6.92 Å². The molecule has 76 valence electrons. The van der Waals surface area contributed by atoms with E-state index in [2.05, 4.69) is 6.92 Å². The summed E-state index contributed by atoms with van der Waals surface area (Å²) in [5.74, 6) is 0. The molecule has 3 atom stereocenters. The van der Waals surface area contributed by atoms with E-state index in [4.69, 9.17) is 0 Å². The van der Waals surface area contributed by atoms with Crippen LogP contribution in [0.2, 0.25) is 0 Å². The standard InChI is InChI=1S/C11H20O2/c1-10-5-3-7-11(10,13)6-2-4-9(12)8-10/h9,12-13H,2-8H2,1H3/t9-,10-,11+/m0/s1. The fourth-order valence-electron chi connectivity index (χ4n) is 3.28. The van der Waals surface area contributed by atoms with E-state index in [1.807, 2.05) is 0 Å². The van der Waals surface area contributed by atoms with E-state index in [1.54, 1.807) is 0 Å². The van der Waals surface area contributed by atoms with Crippen LogP contribution in [0.15, 0.2) is 0 Å². The zero-order chi connectivity index (χ0) is 9.53. The zero-order valence-electron chi connectivity index (χ0n) is 8.42. The first kappa shape index (κ1) is 9.47. The summed E-state index contributed by atoms with van der Waals surface area (Å²) in [6.45, 7) is 2.15. The Morgan fingerprint density at radius 1 is 1.15 bits per heavy atom. The molecule has 0 spiro atoms. The molecule has 0 unspecified atom stereocenters. The minimum atomic E-state index is -0.468. The summed E-state index contributed by atoms with van der Waals surface area (Å²) in [5, 5.41) is 20.2. The quantitative estimate of drug-likeness (QED) is 0.603. The molecule has 0 bridgehead atoms. The van der Waals surface area contributed by atoms with Gasteiger partial charge in [0.05, 0.1) is 11.7 Å². The maximum Gasteiger partial charge on any atom is 0.0702 e. The first-order valence-electron chi connectivity index (χ1n) is 5.46. The Balaban J connectivity index is 2.23. The summed E-state index contributed by atoms with van der Waals surface area (Å²) in [6, 6.07) is 0. The Bertz CT molecular complexity index is 204. The normalized spacial score (nSPS) is 51.5. The molecule has 2 nitrogen and oxygen atoms in total. The van der Waals surface area contributed by atoms with Crippen LogP contribution < -0.4 is 0 Å². The van der Waals surface area contributed by atoms with E-state index < -0.39 is 5.60 Å². The van der Waals surface area contributed by atoms with E-state index in [0.29, 0.717) is 0 Å². The van der Waals surface area contributed by atoms with Crippen molar-refractivity contribution in [3.63, 3.8) is 0 Å². The summed E-state index contributed by atoms with van der Waals surface area (Å²) in [5.41, 5.74) is -0.479. The number of aliphatic hydroxyl groups is 2. The number of aliphatic hydroxyl groups excluding tert-OH is 1. The second kappa shape index (κ2) is 2.96. The van der Waals surface area contributed by atoms with Gasteiger partial charge in [-0.25, -0.2) is 0 Å². The molecule has 0 aromatic heterocycles. The minimum Gasteiger partial charge on any atom is -0.393 e. The monoisotopic (exact) mass is 184 g/mol. The van der Waals surface area contributed by atoms with Crippen LogP contribution in [0.4, 0.5) is 0 Å². The van der Waals surface area contributed by atoms with Crippen molar-refractivity contribution in [2.24, 2.45) is 5.41 Å². The second-order valence-corrected chi connectivity index (χ2v) is 5.20. The fourth-order valence-corrected chi connectivity index (χ4v) is 3.28. The lowest BCUT2D eigenvalue weighted by Crippen LogP contribution is -2.41. The molecule has 0 aliphatic heterocycles. The molecule has 2 aliphatic carbocycles. The van der Waals surface area contributed by atoms with Crippen molar-refractivity contribution in [2.45, 2.75) is 63.6 Å². The van der Waals surface area contributed by atoms with Gasteiger partial charge in [-0.3, -0.25) is 0 Å². The third-order valence-corrected chi connectivity index (χ3v) is 4.26. The van der Waals surface area contributed by atoms with E-state index in [0.717, 1.165) is 44.9 Å². The van der Waals surface area contributed by atoms with Gasteiger partial charge in [0.1, 0.15) is 0 Å². The molecule has 0 saturated heterocycles. The van der Waals surface area contributed by atoms with E-state index >= 15 is 0 Å². The molecule has 0 heterocycles. The van der Waals surface area contributed by atoms with Crippen LogP contribution in [-0.4, -0.2) is 21.9 Å². The van der Waals surface area contributed by atoms with Crippen molar-refractivity contribution >= 4 is 0 Å². The average molecular weight is 184 g/mol. The largest absolute Gasteiger partial charge is 0.393 e. The highest BCUT2D eigenvalue weighted by Gasteiger charge is 2.51. The number of rotatable bonds is 0. The average Bonchev–Trinajstić information content (AvgIpc) is 2.22. The molecular weight excluding hydrogens is 164 g/mol. The highest BCUT2D eigenvalue weighted by atomic mass is 16.3. The molecule has 13 heavy (non-hydrogen) atoms. The first-order valence-corrected chi connectivity index (χ1v) is 5.46. The molecule has 2 fully saturated rings. The molecule has 2 saturated carbocycles. The molecule has 2 rings (SSSR count). The minimum absolute atomic E-state index is 0.0110. The smallest absolute Gasteiger partial charge is 0.0702 e. The predicted octanol–water partition coefficient (Wildman–Crippen LogP) is 1.84. The summed E-state index contributed by atoms with van der Waals surface area (Å²) in [4.78, 5) is 0. The summed E-state index contributed by atoms with van der Waals surface area (Å²) >= 11 is 0. The molecule has 0 radical (unpaired) electrons. The molecule has 2 aliphatic rings. The van der Waals surface area contributed by atoms with Gasteiger partial charge in [0.25, 0.3) is 0 Å². The molecular formula is C11H20O2. The van der Waals surface area contributed by atoms with Crippen LogP contribution in [0, 0.1) is 5.41 Å². The molecule has 0 aromatic rings. The van der Waals surface area contributed by atoms with Gasteiger partial charge in [-0.05, 0) is 50.4 Å². The first-order chi connectivity index (χ1) is 6.06. The number of hydrogen-bond acceptors (Lipinski definition) is 2. The zero-order valence-corrected chi connectivity index (χ0v) is 8.42. The SMILES string of the molecule is C[C@@]12CCC[C@]1(O)CCC[C@H](O)C2. The number of hydrogen-bond donors (Lipinski definition) is 2. The van der Waals surface area contributed by atoms with Crippen LogP contribution in [0.25, 0.3) is 0 Å². The van der Waals surface area contributed by atoms with Crippen LogP contribution in [-0.2, 0) is 0 Å². The van der Waals surface area contributed by atoms with Crippen LogP contribution in [0.3, 0.4) is 0 Å². The second-order valence-electron chi connectivity index (χ2n) is 5.20. The van der Waals surface area contributed by atoms with Gasteiger partial charge >= 0.3 is 0 Å². The van der Waals surface area contributed by atoms with Crippen molar-refractivity contribution in [1.82, 2.24) is 0 Å². The van der Waals surface area contributed by atoms with E-state index in [-0.39, 0.29) is 11.5 Å².